The average Bonchev–Trinajstić information content (AvgIpc) is 3.28. The fourth-order valence-electron chi connectivity index (χ4n) is 4.48. The van der Waals surface area contributed by atoms with E-state index in [1.807, 2.05) is 61.5 Å². The number of nitrogens with zero attached hydrogens (tertiary/aromatic N) is 4. The van der Waals surface area contributed by atoms with Gasteiger partial charge in [0.05, 0.1) is 30.5 Å². The minimum Gasteiger partial charge on any atom is -0.309 e. The Morgan fingerprint density at radius 1 is 1.08 bits per heavy atom. The number of halogens is 1. The Kier molecular flexibility index (Phi) is 5.80. The molecule has 2 N–H and O–H groups in total. The van der Waals surface area contributed by atoms with Gasteiger partial charge in [0.2, 0.25) is 5.91 Å². The number of hydrogen-bond acceptors (Lipinski definition) is 5. The first-order valence-corrected chi connectivity index (χ1v) is 12.2. The van der Waals surface area contributed by atoms with Gasteiger partial charge in [-0.25, -0.2) is 18.7 Å². The summed E-state index contributed by atoms with van der Waals surface area (Å²) in [5.41, 5.74) is 4.57. The first-order valence-electron chi connectivity index (χ1n) is 12.2. The van der Waals surface area contributed by atoms with E-state index in [0.29, 0.717) is 29.5 Å². The van der Waals surface area contributed by atoms with Gasteiger partial charge >= 0.3 is 6.03 Å². The number of urea groups is 1. The molecule has 2 aromatic heterocycles. The largest absolute Gasteiger partial charge is 0.346 e. The molecule has 1 aliphatic carbocycles. The van der Waals surface area contributed by atoms with Crippen LogP contribution in [0.3, 0.4) is 0 Å². The predicted molar refractivity (Wildman–Crippen MR) is 135 cm³/mol. The van der Waals surface area contributed by atoms with Gasteiger partial charge in [-0.15, -0.1) is 0 Å². The molecule has 2 fully saturated rings. The summed E-state index contributed by atoms with van der Waals surface area (Å²) in [5, 5.41) is 11.6. The quantitative estimate of drug-likeness (QED) is 0.406. The van der Waals surface area contributed by atoms with E-state index in [4.69, 9.17) is 4.84 Å². The van der Waals surface area contributed by atoms with Gasteiger partial charge in [-0.05, 0) is 42.7 Å². The van der Waals surface area contributed by atoms with Gasteiger partial charge in [-0.2, -0.15) is 10.2 Å². The summed E-state index contributed by atoms with van der Waals surface area (Å²) < 4.78 is 14.7. The lowest BCUT2D eigenvalue weighted by molar-refractivity contribution is -0.117. The van der Waals surface area contributed by atoms with Crippen LogP contribution in [0.5, 0.6) is 0 Å². The smallest absolute Gasteiger partial charge is 0.309 e. The maximum atomic E-state index is 13.2. The SMILES string of the molecule is Cc1ccc(-c2ccc3nc(NC(=O)[C@@H]4C[C@@H]4F)cn3n2)cc1NC(=O)N1OCCC1c1ccccc1. The van der Waals surface area contributed by atoms with Gasteiger partial charge in [-0.1, -0.05) is 42.5 Å². The molecule has 0 bridgehead atoms. The molecule has 2 aliphatic rings. The van der Waals surface area contributed by atoms with Crippen LogP contribution in [0.1, 0.15) is 30.0 Å². The van der Waals surface area contributed by atoms with Crippen molar-refractivity contribution in [3.05, 3.63) is 78.0 Å². The number of aryl methyl sites for hydroxylation is 1. The van der Waals surface area contributed by atoms with E-state index in [0.717, 1.165) is 23.1 Å². The molecule has 3 atom stereocenters. The number of carbonyl (C=O) groups is 2. The predicted octanol–water partition coefficient (Wildman–Crippen LogP) is 4.91. The number of fused-ring (bicyclic) bond motifs is 1. The van der Waals surface area contributed by atoms with Crippen LogP contribution in [-0.4, -0.2) is 44.4 Å². The summed E-state index contributed by atoms with van der Waals surface area (Å²) in [6.45, 7) is 2.39. The van der Waals surface area contributed by atoms with Crippen LogP contribution >= 0.6 is 0 Å². The second kappa shape index (κ2) is 9.29. The van der Waals surface area contributed by atoms with E-state index in [1.165, 1.54) is 5.06 Å². The lowest BCUT2D eigenvalue weighted by atomic mass is 10.0. The number of alkyl halides is 1. The van der Waals surface area contributed by atoms with Crippen molar-refractivity contribution < 1.29 is 18.8 Å². The molecule has 10 heteroatoms. The normalized spacial score (nSPS) is 20.7. The Labute approximate surface area is 212 Å². The maximum Gasteiger partial charge on any atom is 0.346 e. The number of nitrogens with one attached hydrogen (secondary N) is 2. The Morgan fingerprint density at radius 2 is 1.89 bits per heavy atom. The molecule has 1 unspecified atom stereocenters. The number of rotatable bonds is 5. The van der Waals surface area contributed by atoms with Crippen LogP contribution in [-0.2, 0) is 9.63 Å². The molecule has 0 spiro atoms. The molecule has 37 heavy (non-hydrogen) atoms. The minimum absolute atomic E-state index is 0.152. The highest BCUT2D eigenvalue weighted by Crippen LogP contribution is 2.35. The average molecular weight is 501 g/mol. The second-order valence-corrected chi connectivity index (χ2v) is 9.33. The van der Waals surface area contributed by atoms with Crippen molar-refractivity contribution >= 4 is 29.1 Å². The Hall–Kier alpha value is -4.31. The van der Waals surface area contributed by atoms with Crippen molar-refractivity contribution in [3.63, 3.8) is 0 Å². The topological polar surface area (TPSA) is 101 Å². The molecule has 1 saturated carbocycles. The molecule has 0 radical (unpaired) electrons. The standard InChI is InChI=1S/C27H25FN6O3/c1-16-7-8-18(13-22(16)29-27(36)34-23(11-12-37-34)17-5-3-2-4-6-17)21-9-10-25-30-24(15-33(25)32-21)31-26(35)19-14-20(19)28/h2-10,13,15,19-20,23H,11-12,14H2,1H3,(H,29,36)(H,31,35)/t19-,20+,23?/m1/s1. The molecule has 2 aromatic carbocycles. The molecule has 9 nitrogen and oxygen atoms in total. The van der Waals surface area contributed by atoms with Gasteiger partial charge in [-0.3, -0.25) is 9.63 Å². The summed E-state index contributed by atoms with van der Waals surface area (Å²) in [4.78, 5) is 35.2. The number of benzene rings is 2. The highest BCUT2D eigenvalue weighted by Gasteiger charge is 2.43. The first-order chi connectivity index (χ1) is 18.0. The number of aromatic nitrogens is 3. The number of anilines is 2. The van der Waals surface area contributed by atoms with Crippen LogP contribution in [0.25, 0.3) is 16.9 Å². The fraction of sp³-hybridized carbons (Fsp3) is 0.259. The van der Waals surface area contributed by atoms with Gasteiger partial charge in [0, 0.05) is 17.7 Å². The van der Waals surface area contributed by atoms with E-state index >= 15 is 0 Å². The third-order valence-corrected chi connectivity index (χ3v) is 6.68. The number of amides is 3. The number of carbonyl (C=O) groups excluding carboxylic acids is 2. The lowest BCUT2D eigenvalue weighted by Gasteiger charge is -2.23. The van der Waals surface area contributed by atoms with Crippen LogP contribution in [0.4, 0.5) is 20.7 Å². The summed E-state index contributed by atoms with van der Waals surface area (Å²) in [6.07, 6.45) is 1.50. The van der Waals surface area contributed by atoms with Crippen molar-refractivity contribution in [1.29, 1.82) is 0 Å². The third kappa shape index (κ3) is 4.63. The molecule has 4 aromatic rings. The third-order valence-electron chi connectivity index (χ3n) is 6.68. The van der Waals surface area contributed by atoms with E-state index in [1.54, 1.807) is 16.8 Å². The molecular weight excluding hydrogens is 475 g/mol. The van der Waals surface area contributed by atoms with Crippen molar-refractivity contribution in [2.75, 3.05) is 17.2 Å². The Bertz CT molecular complexity index is 1490. The fourth-order valence-corrected chi connectivity index (χ4v) is 4.48. The Morgan fingerprint density at radius 3 is 2.68 bits per heavy atom. The van der Waals surface area contributed by atoms with Crippen molar-refractivity contribution in [1.82, 2.24) is 19.7 Å². The summed E-state index contributed by atoms with van der Waals surface area (Å²) >= 11 is 0. The van der Waals surface area contributed by atoms with Crippen LogP contribution in [0.15, 0.2) is 66.9 Å². The minimum atomic E-state index is -1.07. The van der Waals surface area contributed by atoms with Crippen molar-refractivity contribution in [2.24, 2.45) is 5.92 Å². The summed E-state index contributed by atoms with van der Waals surface area (Å²) in [7, 11) is 0. The highest BCUT2D eigenvalue weighted by molar-refractivity contribution is 5.94. The van der Waals surface area contributed by atoms with Gasteiger partial charge in [0.25, 0.3) is 0 Å². The highest BCUT2D eigenvalue weighted by atomic mass is 19.1. The van der Waals surface area contributed by atoms with Gasteiger partial charge in [0.1, 0.15) is 6.17 Å². The Balaban J connectivity index is 1.21. The van der Waals surface area contributed by atoms with Crippen molar-refractivity contribution in [2.45, 2.75) is 32.0 Å². The number of hydrogen-bond donors (Lipinski definition) is 2. The zero-order valence-electron chi connectivity index (χ0n) is 20.1. The zero-order valence-corrected chi connectivity index (χ0v) is 20.1. The number of hydroxylamine groups is 2. The van der Waals surface area contributed by atoms with E-state index in [9.17, 15) is 14.0 Å². The molecule has 6 rings (SSSR count). The maximum absolute atomic E-state index is 13.2. The van der Waals surface area contributed by atoms with Crippen LogP contribution in [0.2, 0.25) is 0 Å². The zero-order chi connectivity index (χ0) is 25.5. The summed E-state index contributed by atoms with van der Waals surface area (Å²) in [6, 6.07) is 18.6. The van der Waals surface area contributed by atoms with Gasteiger partial charge < -0.3 is 10.6 Å². The molecule has 3 heterocycles. The number of imidazole rings is 1. The molecule has 3 amide bonds. The van der Waals surface area contributed by atoms with Crippen LogP contribution in [0, 0.1) is 12.8 Å². The molecule has 1 saturated heterocycles. The first kappa shape index (κ1) is 23.1. The molecule has 188 valence electrons. The molecule has 1 aliphatic heterocycles. The van der Waals surface area contributed by atoms with Gasteiger partial charge in [0.15, 0.2) is 11.5 Å². The second-order valence-electron chi connectivity index (χ2n) is 9.33. The molecular formula is C27H25FN6O3. The van der Waals surface area contributed by atoms with E-state index in [2.05, 4.69) is 20.7 Å². The van der Waals surface area contributed by atoms with E-state index in [-0.39, 0.29) is 24.4 Å². The monoisotopic (exact) mass is 500 g/mol. The van der Waals surface area contributed by atoms with E-state index < -0.39 is 12.1 Å². The summed E-state index contributed by atoms with van der Waals surface area (Å²) in [5.74, 6) is -0.640. The van der Waals surface area contributed by atoms with Crippen LogP contribution < -0.4 is 10.6 Å². The van der Waals surface area contributed by atoms with Crippen molar-refractivity contribution in [3.8, 4) is 11.3 Å². The lowest BCUT2D eigenvalue weighted by Crippen LogP contribution is -2.33.